The molecule has 0 saturated heterocycles. The lowest BCUT2D eigenvalue weighted by atomic mass is 9.85. The summed E-state index contributed by atoms with van der Waals surface area (Å²) in [6.07, 6.45) is 8.25. The van der Waals surface area contributed by atoms with Crippen molar-refractivity contribution >= 4 is 17.1 Å². The Hall–Kier alpha value is -0.930. The van der Waals surface area contributed by atoms with Crippen molar-refractivity contribution in [3.05, 3.63) is 34.5 Å². The van der Waals surface area contributed by atoms with Gasteiger partial charge in [-0.2, -0.15) is 0 Å². The average molecular weight is 278 g/mol. The second-order valence-electron chi connectivity index (χ2n) is 5.26. The van der Waals surface area contributed by atoms with E-state index in [1.165, 1.54) is 17.8 Å². The second kappa shape index (κ2) is 7.61. The van der Waals surface area contributed by atoms with Crippen molar-refractivity contribution in [2.24, 2.45) is 11.8 Å². The quantitative estimate of drug-likeness (QED) is 0.421. The molecular formula is C16H22O2S. The molecule has 0 bridgehead atoms. The minimum Gasteiger partial charge on any atom is -0.381 e. The van der Waals surface area contributed by atoms with Crippen molar-refractivity contribution in [1.82, 2.24) is 0 Å². The van der Waals surface area contributed by atoms with Gasteiger partial charge in [0.05, 0.1) is 4.88 Å². The van der Waals surface area contributed by atoms with Gasteiger partial charge in [-0.15, -0.1) is 11.3 Å². The van der Waals surface area contributed by atoms with Crippen LogP contribution in [0.1, 0.15) is 42.3 Å². The first-order valence-corrected chi connectivity index (χ1v) is 7.95. The molecule has 0 aliphatic heterocycles. The van der Waals surface area contributed by atoms with E-state index >= 15 is 0 Å². The van der Waals surface area contributed by atoms with Crippen LogP contribution in [0.25, 0.3) is 0 Å². The molecule has 3 heteroatoms. The maximum Gasteiger partial charge on any atom is 0.172 e. The molecule has 0 saturated carbocycles. The van der Waals surface area contributed by atoms with Crippen LogP contribution in [-0.2, 0) is 4.74 Å². The third kappa shape index (κ3) is 4.59. The smallest absolute Gasteiger partial charge is 0.172 e. The van der Waals surface area contributed by atoms with Gasteiger partial charge in [0, 0.05) is 19.6 Å². The molecule has 104 valence electrons. The van der Waals surface area contributed by atoms with E-state index in [2.05, 4.69) is 19.1 Å². The first kappa shape index (κ1) is 14.5. The van der Waals surface area contributed by atoms with Crippen LogP contribution >= 0.6 is 11.3 Å². The van der Waals surface area contributed by atoms with Gasteiger partial charge in [-0.1, -0.05) is 25.1 Å². The van der Waals surface area contributed by atoms with E-state index in [-0.39, 0.29) is 5.78 Å². The number of allylic oxidation sites excluding steroid dienone is 2. The van der Waals surface area contributed by atoms with E-state index in [1.54, 1.807) is 0 Å². The van der Waals surface area contributed by atoms with Crippen LogP contribution in [0.15, 0.2) is 29.7 Å². The third-order valence-corrected chi connectivity index (χ3v) is 4.65. The molecule has 1 aliphatic rings. The van der Waals surface area contributed by atoms with Crippen molar-refractivity contribution in [3.8, 4) is 0 Å². The Bertz CT molecular complexity index is 408. The summed E-state index contributed by atoms with van der Waals surface area (Å²) >= 11 is 1.52. The number of hydrogen-bond donors (Lipinski definition) is 0. The molecule has 2 nitrogen and oxygen atoms in total. The summed E-state index contributed by atoms with van der Waals surface area (Å²) in [7, 11) is 0. The van der Waals surface area contributed by atoms with Crippen molar-refractivity contribution in [3.63, 3.8) is 0 Å². The summed E-state index contributed by atoms with van der Waals surface area (Å²) in [4.78, 5) is 12.6. The van der Waals surface area contributed by atoms with Gasteiger partial charge in [0.1, 0.15) is 0 Å². The summed E-state index contributed by atoms with van der Waals surface area (Å²) in [6, 6.07) is 3.82. The Morgan fingerprint density at radius 2 is 2.26 bits per heavy atom. The van der Waals surface area contributed by atoms with Crippen LogP contribution in [0.5, 0.6) is 0 Å². The fraction of sp³-hybridized carbons (Fsp3) is 0.562. The standard InChI is InChI=1S/C16H22O2S/c1-13-6-2-3-7-14(13)12-18-10-4-8-15(17)16-9-5-11-19-16/h2-3,5,9,11,13-14H,4,6-8,10,12H2,1H3. The predicted molar refractivity (Wildman–Crippen MR) is 79.7 cm³/mol. The lowest BCUT2D eigenvalue weighted by molar-refractivity contribution is 0.0734. The zero-order valence-electron chi connectivity index (χ0n) is 11.5. The van der Waals surface area contributed by atoms with Gasteiger partial charge < -0.3 is 4.74 Å². The molecule has 0 aromatic carbocycles. The van der Waals surface area contributed by atoms with E-state index in [9.17, 15) is 4.79 Å². The highest BCUT2D eigenvalue weighted by Crippen LogP contribution is 2.25. The van der Waals surface area contributed by atoms with E-state index < -0.39 is 0 Å². The zero-order chi connectivity index (χ0) is 13.5. The summed E-state index contributed by atoms with van der Waals surface area (Å²) in [6.45, 7) is 3.82. The lowest BCUT2D eigenvalue weighted by Gasteiger charge is -2.24. The van der Waals surface area contributed by atoms with Gasteiger partial charge >= 0.3 is 0 Å². The zero-order valence-corrected chi connectivity index (χ0v) is 12.3. The molecular weight excluding hydrogens is 256 g/mol. The van der Waals surface area contributed by atoms with Gasteiger partial charge in [-0.05, 0) is 42.5 Å². The number of hydrogen-bond acceptors (Lipinski definition) is 3. The van der Waals surface area contributed by atoms with Crippen LogP contribution in [0.3, 0.4) is 0 Å². The molecule has 0 radical (unpaired) electrons. The number of carbonyl (C=O) groups excluding carboxylic acids is 1. The monoisotopic (exact) mass is 278 g/mol. The van der Waals surface area contributed by atoms with Gasteiger partial charge in [-0.25, -0.2) is 0 Å². The van der Waals surface area contributed by atoms with E-state index in [0.29, 0.717) is 18.9 Å². The van der Waals surface area contributed by atoms with Crippen LogP contribution < -0.4 is 0 Å². The highest BCUT2D eigenvalue weighted by atomic mass is 32.1. The van der Waals surface area contributed by atoms with Crippen molar-refractivity contribution < 1.29 is 9.53 Å². The topological polar surface area (TPSA) is 26.3 Å². The number of thiophene rings is 1. The summed E-state index contributed by atoms with van der Waals surface area (Å²) in [5, 5.41) is 1.95. The Morgan fingerprint density at radius 1 is 1.42 bits per heavy atom. The molecule has 0 spiro atoms. The summed E-state index contributed by atoms with van der Waals surface area (Å²) < 4.78 is 5.73. The maximum atomic E-state index is 11.8. The molecule has 1 aromatic heterocycles. The molecule has 0 N–H and O–H groups in total. The number of ether oxygens (including phenoxy) is 1. The SMILES string of the molecule is CC1CC=CCC1COCCCC(=O)c1cccs1. The van der Waals surface area contributed by atoms with Crippen LogP contribution in [-0.4, -0.2) is 19.0 Å². The van der Waals surface area contributed by atoms with Gasteiger partial charge in [-0.3, -0.25) is 4.79 Å². The van der Waals surface area contributed by atoms with Crippen LogP contribution in [0.4, 0.5) is 0 Å². The first-order valence-electron chi connectivity index (χ1n) is 7.07. The Balaban J connectivity index is 1.57. The highest BCUT2D eigenvalue weighted by molar-refractivity contribution is 7.12. The highest BCUT2D eigenvalue weighted by Gasteiger charge is 2.18. The lowest BCUT2D eigenvalue weighted by Crippen LogP contribution is -2.19. The summed E-state index contributed by atoms with van der Waals surface area (Å²) in [5.41, 5.74) is 0. The number of rotatable bonds is 7. The second-order valence-corrected chi connectivity index (χ2v) is 6.21. The molecule has 1 aliphatic carbocycles. The summed E-state index contributed by atoms with van der Waals surface area (Å²) in [5.74, 6) is 1.61. The van der Waals surface area contributed by atoms with Crippen molar-refractivity contribution in [2.75, 3.05) is 13.2 Å². The Labute approximate surface area is 119 Å². The van der Waals surface area contributed by atoms with Crippen molar-refractivity contribution in [2.45, 2.75) is 32.6 Å². The largest absolute Gasteiger partial charge is 0.381 e. The number of Topliss-reactive ketones (excluding diaryl/α,β-unsaturated/α-hetero) is 1. The third-order valence-electron chi connectivity index (χ3n) is 3.74. The Kier molecular flexibility index (Phi) is 5.80. The van der Waals surface area contributed by atoms with Gasteiger partial charge in [0.2, 0.25) is 0 Å². The molecule has 1 aromatic rings. The van der Waals surface area contributed by atoms with Crippen LogP contribution in [0.2, 0.25) is 0 Å². The molecule has 1 heterocycles. The molecule has 2 rings (SSSR count). The average Bonchev–Trinajstić information content (AvgIpc) is 2.94. The molecule has 0 fully saturated rings. The fourth-order valence-corrected chi connectivity index (χ4v) is 3.06. The number of ketones is 1. The van der Waals surface area contributed by atoms with E-state index in [1.807, 2.05) is 17.5 Å². The predicted octanol–water partition coefficient (Wildman–Crippen LogP) is 4.33. The number of carbonyl (C=O) groups is 1. The molecule has 0 amide bonds. The van der Waals surface area contributed by atoms with Crippen LogP contribution in [0, 0.1) is 11.8 Å². The van der Waals surface area contributed by atoms with Gasteiger partial charge in [0.15, 0.2) is 5.78 Å². The maximum absolute atomic E-state index is 11.8. The molecule has 2 atom stereocenters. The van der Waals surface area contributed by atoms with E-state index in [4.69, 9.17) is 4.74 Å². The van der Waals surface area contributed by atoms with Crippen molar-refractivity contribution in [1.29, 1.82) is 0 Å². The van der Waals surface area contributed by atoms with E-state index in [0.717, 1.165) is 30.2 Å². The van der Waals surface area contributed by atoms with Gasteiger partial charge in [0.25, 0.3) is 0 Å². The molecule has 2 unspecified atom stereocenters. The minimum atomic E-state index is 0.243. The molecule has 19 heavy (non-hydrogen) atoms. The normalized spacial score (nSPS) is 22.6. The minimum absolute atomic E-state index is 0.243. The first-order chi connectivity index (χ1) is 9.27. The Morgan fingerprint density at radius 3 is 3.00 bits per heavy atom. The fourth-order valence-electron chi connectivity index (χ4n) is 2.37.